The van der Waals surface area contributed by atoms with Gasteiger partial charge in [0.1, 0.15) is 5.75 Å². The molecule has 1 unspecified atom stereocenters. The summed E-state index contributed by atoms with van der Waals surface area (Å²) >= 11 is 1.37. The van der Waals surface area contributed by atoms with Crippen LogP contribution in [0.1, 0.15) is 34.7 Å². The molecule has 2 aliphatic rings. The second-order valence-electron chi connectivity index (χ2n) is 8.78. The van der Waals surface area contributed by atoms with Gasteiger partial charge in [-0.3, -0.25) is 9.36 Å². The van der Waals surface area contributed by atoms with Gasteiger partial charge in [-0.25, -0.2) is 9.79 Å². The summed E-state index contributed by atoms with van der Waals surface area (Å²) in [5, 5.41) is 8.89. The average molecular weight is 495 g/mol. The lowest BCUT2D eigenvalue weighted by Crippen LogP contribution is -2.38. The molecule has 1 aliphatic heterocycles. The smallest absolute Gasteiger partial charge is 0.341 e. The number of carbonyl (C=O) groups is 1. The number of thiazole rings is 1. The number of aliphatic carboxylic acids is 1. The Labute approximate surface area is 210 Å². The quantitative estimate of drug-likeness (QED) is 0.458. The molecule has 3 aromatic carbocycles. The molecule has 36 heavy (non-hydrogen) atoms. The van der Waals surface area contributed by atoms with E-state index in [0.29, 0.717) is 15.1 Å². The molecule has 2 heterocycles. The van der Waals surface area contributed by atoms with Gasteiger partial charge in [0.25, 0.3) is 5.56 Å². The Morgan fingerprint density at radius 2 is 1.86 bits per heavy atom. The van der Waals surface area contributed by atoms with Gasteiger partial charge in [-0.2, -0.15) is 0 Å². The van der Waals surface area contributed by atoms with Crippen molar-refractivity contribution in [3.05, 3.63) is 126 Å². The minimum absolute atomic E-state index is 0.0881. The Morgan fingerprint density at radius 3 is 2.69 bits per heavy atom. The Bertz CT molecular complexity index is 1700. The predicted octanol–water partition coefficient (Wildman–Crippen LogP) is 3.78. The van der Waals surface area contributed by atoms with Crippen LogP contribution in [0.4, 0.5) is 0 Å². The number of hydrogen-bond donors (Lipinski definition) is 1. The summed E-state index contributed by atoms with van der Waals surface area (Å²) in [4.78, 5) is 30.3. The van der Waals surface area contributed by atoms with Crippen LogP contribution in [0.3, 0.4) is 0 Å². The first-order chi connectivity index (χ1) is 17.6. The van der Waals surface area contributed by atoms with Gasteiger partial charge in [0.05, 0.1) is 16.3 Å². The molecule has 0 saturated carbocycles. The number of hydrogen-bond acceptors (Lipinski definition) is 5. The van der Waals surface area contributed by atoms with E-state index in [0.717, 1.165) is 35.2 Å². The highest BCUT2D eigenvalue weighted by Crippen LogP contribution is 2.41. The summed E-state index contributed by atoms with van der Waals surface area (Å²) in [6, 6.07) is 25.4. The van der Waals surface area contributed by atoms with Crippen LogP contribution in [0.5, 0.6) is 5.75 Å². The van der Waals surface area contributed by atoms with Gasteiger partial charge in [0, 0.05) is 5.56 Å². The highest BCUT2D eigenvalue weighted by molar-refractivity contribution is 7.07. The average Bonchev–Trinajstić information content (AvgIpc) is 3.21. The number of rotatable bonds is 5. The first-order valence-electron chi connectivity index (χ1n) is 11.7. The Hall–Kier alpha value is -4.23. The molecule has 0 spiro atoms. The summed E-state index contributed by atoms with van der Waals surface area (Å²) < 4.78 is 7.70. The van der Waals surface area contributed by atoms with Crippen molar-refractivity contribution in [3.8, 4) is 5.75 Å². The van der Waals surface area contributed by atoms with Gasteiger partial charge in [0.2, 0.25) is 0 Å². The van der Waals surface area contributed by atoms with E-state index < -0.39 is 12.6 Å². The van der Waals surface area contributed by atoms with E-state index in [4.69, 9.17) is 14.8 Å². The van der Waals surface area contributed by atoms with Gasteiger partial charge in [0.15, 0.2) is 11.4 Å². The lowest BCUT2D eigenvalue weighted by atomic mass is 9.83. The van der Waals surface area contributed by atoms with Crippen molar-refractivity contribution in [1.29, 1.82) is 0 Å². The number of benzene rings is 3. The fourth-order valence-electron chi connectivity index (χ4n) is 4.95. The summed E-state index contributed by atoms with van der Waals surface area (Å²) in [5.41, 5.74) is 6.30. The van der Waals surface area contributed by atoms with E-state index in [1.807, 2.05) is 41.0 Å². The molecule has 6 rings (SSSR count). The summed E-state index contributed by atoms with van der Waals surface area (Å²) in [6.07, 6.45) is 3.58. The number of aromatic nitrogens is 1. The molecule has 1 atom stereocenters. The zero-order valence-corrected chi connectivity index (χ0v) is 20.1. The maximum atomic E-state index is 13.8. The first-order valence-corrected chi connectivity index (χ1v) is 12.5. The van der Waals surface area contributed by atoms with Crippen LogP contribution >= 0.6 is 11.3 Å². The second-order valence-corrected chi connectivity index (χ2v) is 9.79. The third-order valence-corrected chi connectivity index (χ3v) is 7.49. The van der Waals surface area contributed by atoms with Gasteiger partial charge in [-0.05, 0) is 53.3 Å². The van der Waals surface area contributed by atoms with Crippen LogP contribution in [0.15, 0.2) is 94.2 Å². The summed E-state index contributed by atoms with van der Waals surface area (Å²) in [7, 11) is 0. The Morgan fingerprint density at radius 1 is 1.06 bits per heavy atom. The van der Waals surface area contributed by atoms with Crippen LogP contribution < -0.4 is 19.6 Å². The van der Waals surface area contributed by atoms with E-state index in [9.17, 15) is 9.59 Å². The minimum atomic E-state index is -1.04. The van der Waals surface area contributed by atoms with Crippen LogP contribution in [0.25, 0.3) is 11.8 Å². The van der Waals surface area contributed by atoms with Crippen molar-refractivity contribution in [2.24, 2.45) is 4.99 Å². The number of fused-ring (bicyclic) bond motifs is 3. The van der Waals surface area contributed by atoms with Gasteiger partial charge >= 0.3 is 5.97 Å². The third-order valence-electron chi connectivity index (χ3n) is 6.51. The third kappa shape index (κ3) is 3.97. The van der Waals surface area contributed by atoms with E-state index >= 15 is 0 Å². The van der Waals surface area contributed by atoms with Crippen molar-refractivity contribution in [1.82, 2.24) is 4.57 Å². The van der Waals surface area contributed by atoms with Gasteiger partial charge < -0.3 is 9.84 Å². The van der Waals surface area contributed by atoms with Crippen molar-refractivity contribution in [3.63, 3.8) is 0 Å². The molecule has 0 amide bonds. The molecule has 4 aromatic rings. The molecular formula is C29H22N2O4S. The van der Waals surface area contributed by atoms with E-state index in [2.05, 4.69) is 30.3 Å². The zero-order valence-electron chi connectivity index (χ0n) is 19.3. The molecule has 1 aliphatic carbocycles. The van der Waals surface area contributed by atoms with Gasteiger partial charge in [-0.15, -0.1) is 0 Å². The fraction of sp³-hybridized carbons (Fsp3) is 0.138. The number of allylic oxidation sites excluding steroid dienone is 1. The molecule has 1 aromatic heterocycles. The van der Waals surface area contributed by atoms with Crippen molar-refractivity contribution in [2.75, 3.05) is 6.61 Å². The van der Waals surface area contributed by atoms with Crippen molar-refractivity contribution >= 4 is 29.1 Å². The minimum Gasteiger partial charge on any atom is -0.482 e. The standard InChI is InChI=1S/C29H22N2O4S/c32-25(33)17-35-21-11-6-7-18(15-21)16-24-28(34)31-27(20-9-2-1-3-10-20)23-14-13-19-8-4-5-12-22(19)26(23)30-29(31)36-24/h1-12,15-16,27H,13-14,17H2,(H,32,33)/b24-16-. The SMILES string of the molecule is O=C(O)COc1cccc(/C=c2\sc3n(c2=O)C(c2ccccc2)C2=C(N=3)c3ccccc3CC2)c1. The molecule has 0 bridgehead atoms. The molecule has 178 valence electrons. The molecular weight excluding hydrogens is 472 g/mol. The number of carboxylic acids is 1. The molecule has 0 fully saturated rings. The topological polar surface area (TPSA) is 80.9 Å². The molecule has 6 nitrogen and oxygen atoms in total. The highest BCUT2D eigenvalue weighted by atomic mass is 32.1. The number of aryl methyl sites for hydroxylation is 1. The lowest BCUT2D eigenvalue weighted by molar-refractivity contribution is -0.139. The molecule has 1 N–H and O–H groups in total. The normalized spacial score (nSPS) is 16.6. The second kappa shape index (κ2) is 9.09. The van der Waals surface area contributed by atoms with Crippen LogP contribution in [-0.2, 0) is 11.2 Å². The maximum absolute atomic E-state index is 13.8. The van der Waals surface area contributed by atoms with E-state index in [1.54, 1.807) is 18.2 Å². The molecule has 7 heteroatoms. The van der Waals surface area contributed by atoms with Gasteiger partial charge in [-0.1, -0.05) is 78.1 Å². The molecule has 0 radical (unpaired) electrons. The predicted molar refractivity (Wildman–Crippen MR) is 139 cm³/mol. The summed E-state index contributed by atoms with van der Waals surface area (Å²) in [5.74, 6) is -0.603. The Balaban J connectivity index is 1.52. The first kappa shape index (κ1) is 22.2. The maximum Gasteiger partial charge on any atom is 0.341 e. The van der Waals surface area contributed by atoms with Crippen molar-refractivity contribution < 1.29 is 14.6 Å². The summed E-state index contributed by atoms with van der Waals surface area (Å²) in [6.45, 7) is -0.421. The number of carboxylic acid groups (broad SMARTS) is 1. The monoisotopic (exact) mass is 494 g/mol. The Kier molecular flexibility index (Phi) is 5.62. The van der Waals surface area contributed by atoms with Crippen molar-refractivity contribution in [2.45, 2.75) is 18.9 Å². The zero-order chi connectivity index (χ0) is 24.6. The van der Waals surface area contributed by atoms with Crippen LogP contribution in [-0.4, -0.2) is 22.2 Å². The highest BCUT2D eigenvalue weighted by Gasteiger charge is 2.32. The van der Waals surface area contributed by atoms with E-state index in [1.165, 1.54) is 22.5 Å². The van der Waals surface area contributed by atoms with Crippen LogP contribution in [0.2, 0.25) is 0 Å². The molecule has 0 saturated heterocycles. The van der Waals surface area contributed by atoms with E-state index in [-0.39, 0.29) is 11.6 Å². The lowest BCUT2D eigenvalue weighted by Gasteiger charge is -2.30. The fourth-order valence-corrected chi connectivity index (χ4v) is 5.95. The number of nitrogens with zero attached hydrogens (tertiary/aromatic N) is 2. The largest absolute Gasteiger partial charge is 0.482 e. The number of ether oxygens (including phenoxy) is 1. The van der Waals surface area contributed by atoms with Crippen LogP contribution in [0, 0.1) is 0 Å².